The van der Waals surface area contributed by atoms with Gasteiger partial charge in [0.05, 0.1) is 12.8 Å². The summed E-state index contributed by atoms with van der Waals surface area (Å²) in [6.45, 7) is 0. The molecule has 0 aliphatic rings. The van der Waals surface area contributed by atoms with E-state index in [9.17, 15) is 4.79 Å². The number of nitrogens with zero attached hydrogens (tertiary/aromatic N) is 2. The molecule has 0 saturated heterocycles. The van der Waals surface area contributed by atoms with Crippen LogP contribution in [-0.2, 0) is 0 Å². The first-order valence-corrected chi connectivity index (χ1v) is 9.08. The van der Waals surface area contributed by atoms with Crippen molar-refractivity contribution in [1.82, 2.24) is 9.38 Å². The van der Waals surface area contributed by atoms with E-state index in [2.05, 4.69) is 10.3 Å². The molecule has 7 heteroatoms. The highest BCUT2D eigenvalue weighted by Crippen LogP contribution is 2.30. The molecule has 1 amide bonds. The fourth-order valence-corrected chi connectivity index (χ4v) is 3.65. The topological polar surface area (TPSA) is 55.6 Å². The second-order valence-electron chi connectivity index (χ2n) is 5.56. The first-order valence-electron chi connectivity index (χ1n) is 7.82. The Morgan fingerprint density at radius 1 is 1.23 bits per heavy atom. The normalized spacial score (nSPS) is 10.8. The Kier molecular flexibility index (Phi) is 4.36. The summed E-state index contributed by atoms with van der Waals surface area (Å²) in [5, 5.41) is 5.35. The molecule has 5 nitrogen and oxygen atoms in total. The minimum absolute atomic E-state index is 0.291. The van der Waals surface area contributed by atoms with E-state index in [1.165, 1.54) is 11.3 Å². The second-order valence-corrected chi connectivity index (χ2v) is 6.87. The second kappa shape index (κ2) is 6.82. The third kappa shape index (κ3) is 3.05. The van der Waals surface area contributed by atoms with Crippen molar-refractivity contribution >= 4 is 39.5 Å². The first-order chi connectivity index (χ1) is 12.7. The molecule has 0 atom stereocenters. The lowest BCUT2D eigenvalue weighted by Crippen LogP contribution is -2.13. The maximum Gasteiger partial charge on any atom is 0.276 e. The van der Waals surface area contributed by atoms with Gasteiger partial charge in [0.25, 0.3) is 5.91 Å². The molecule has 0 aliphatic heterocycles. The third-order valence-electron chi connectivity index (χ3n) is 3.90. The number of carbonyl (C=O) groups excluding carboxylic acids is 1. The molecule has 0 spiro atoms. The van der Waals surface area contributed by atoms with Gasteiger partial charge in [0.2, 0.25) is 0 Å². The number of carbonyl (C=O) groups is 1. The largest absolute Gasteiger partial charge is 0.497 e. The summed E-state index contributed by atoms with van der Waals surface area (Å²) < 4.78 is 7.22. The van der Waals surface area contributed by atoms with Crippen LogP contribution in [0, 0.1) is 0 Å². The van der Waals surface area contributed by atoms with Crippen LogP contribution in [-0.4, -0.2) is 22.4 Å². The number of hydrogen-bond donors (Lipinski definition) is 1. The van der Waals surface area contributed by atoms with Crippen molar-refractivity contribution in [3.05, 3.63) is 70.8 Å². The lowest BCUT2D eigenvalue weighted by molar-refractivity contribution is 0.102. The van der Waals surface area contributed by atoms with Gasteiger partial charge in [-0.1, -0.05) is 29.8 Å². The van der Waals surface area contributed by atoms with Crippen LogP contribution in [0.25, 0.3) is 16.2 Å². The van der Waals surface area contributed by atoms with E-state index in [1.807, 2.05) is 40.2 Å². The van der Waals surface area contributed by atoms with E-state index >= 15 is 0 Å². The Morgan fingerprint density at radius 3 is 2.88 bits per heavy atom. The zero-order chi connectivity index (χ0) is 18.1. The number of aromatic nitrogens is 2. The average Bonchev–Trinajstić information content (AvgIpc) is 3.22. The van der Waals surface area contributed by atoms with Crippen molar-refractivity contribution in [3.8, 4) is 17.0 Å². The van der Waals surface area contributed by atoms with E-state index in [1.54, 1.807) is 31.4 Å². The molecule has 0 bridgehead atoms. The number of nitrogens with one attached hydrogen (secondary N) is 1. The van der Waals surface area contributed by atoms with Crippen LogP contribution >= 0.6 is 22.9 Å². The number of hydrogen-bond acceptors (Lipinski definition) is 4. The summed E-state index contributed by atoms with van der Waals surface area (Å²) in [5.74, 6) is 0.426. The van der Waals surface area contributed by atoms with Crippen molar-refractivity contribution in [3.63, 3.8) is 0 Å². The maximum absolute atomic E-state index is 12.9. The Balaban J connectivity index is 1.80. The summed E-state index contributed by atoms with van der Waals surface area (Å²) >= 11 is 7.47. The molecule has 2 aromatic carbocycles. The number of methoxy groups -OCH3 is 1. The lowest BCUT2D eigenvalue weighted by Gasteiger charge is -2.08. The predicted molar refractivity (Wildman–Crippen MR) is 104 cm³/mol. The minimum atomic E-state index is -0.291. The number of anilines is 1. The van der Waals surface area contributed by atoms with Gasteiger partial charge in [-0.05, 0) is 30.3 Å². The fraction of sp³-hybridized carbons (Fsp3) is 0.0526. The van der Waals surface area contributed by atoms with Crippen molar-refractivity contribution in [2.45, 2.75) is 0 Å². The standard InChI is InChI=1S/C19H14ClN3O2S/c1-25-15-7-2-4-12(10-15)17-16(22-19-23(17)8-9-26-19)18(24)21-14-6-3-5-13(20)11-14/h2-11H,1H3,(H,21,24). The Morgan fingerprint density at radius 2 is 2.08 bits per heavy atom. The van der Waals surface area contributed by atoms with Crippen LogP contribution in [0.4, 0.5) is 5.69 Å². The summed E-state index contributed by atoms with van der Waals surface area (Å²) in [7, 11) is 1.61. The van der Waals surface area contributed by atoms with Gasteiger partial charge >= 0.3 is 0 Å². The van der Waals surface area contributed by atoms with Crippen LogP contribution < -0.4 is 10.1 Å². The molecule has 0 unspecified atom stereocenters. The molecular formula is C19H14ClN3O2S. The molecule has 2 heterocycles. The van der Waals surface area contributed by atoms with E-state index < -0.39 is 0 Å². The fourth-order valence-electron chi connectivity index (χ4n) is 2.75. The van der Waals surface area contributed by atoms with Gasteiger partial charge in [0.1, 0.15) is 5.75 Å². The Bertz CT molecular complexity index is 1100. The quantitative estimate of drug-likeness (QED) is 0.541. The number of ether oxygens (including phenoxy) is 1. The van der Waals surface area contributed by atoms with Gasteiger partial charge in [0.15, 0.2) is 10.7 Å². The SMILES string of the molecule is COc1cccc(-c2c(C(=O)Nc3cccc(Cl)c3)nc3sccn23)c1. The first kappa shape index (κ1) is 16.6. The number of halogens is 1. The van der Waals surface area contributed by atoms with Crippen LogP contribution in [0.3, 0.4) is 0 Å². The van der Waals surface area contributed by atoms with E-state index in [-0.39, 0.29) is 5.91 Å². The van der Waals surface area contributed by atoms with E-state index in [0.717, 1.165) is 16.2 Å². The van der Waals surface area contributed by atoms with Crippen LogP contribution in [0.15, 0.2) is 60.1 Å². The summed E-state index contributed by atoms with van der Waals surface area (Å²) in [5.41, 5.74) is 2.55. The molecule has 4 rings (SSSR count). The number of imidazole rings is 1. The van der Waals surface area contributed by atoms with Gasteiger partial charge in [-0.25, -0.2) is 4.98 Å². The van der Waals surface area contributed by atoms with Crippen molar-refractivity contribution < 1.29 is 9.53 Å². The molecule has 130 valence electrons. The number of benzene rings is 2. The molecular weight excluding hydrogens is 370 g/mol. The van der Waals surface area contributed by atoms with Gasteiger partial charge in [-0.2, -0.15) is 0 Å². The Labute approximate surface area is 158 Å². The van der Waals surface area contributed by atoms with Crippen LogP contribution in [0.2, 0.25) is 5.02 Å². The minimum Gasteiger partial charge on any atom is -0.497 e. The number of thiazole rings is 1. The molecule has 0 aliphatic carbocycles. The van der Waals surface area contributed by atoms with Gasteiger partial charge < -0.3 is 10.1 Å². The molecule has 2 aromatic heterocycles. The number of fused-ring (bicyclic) bond motifs is 1. The van der Waals surface area contributed by atoms with Crippen molar-refractivity contribution in [2.75, 3.05) is 12.4 Å². The molecule has 0 fully saturated rings. The summed E-state index contributed by atoms with van der Waals surface area (Å²) in [6, 6.07) is 14.6. The highest BCUT2D eigenvalue weighted by Gasteiger charge is 2.21. The molecule has 26 heavy (non-hydrogen) atoms. The van der Waals surface area contributed by atoms with Crippen molar-refractivity contribution in [1.29, 1.82) is 0 Å². The van der Waals surface area contributed by atoms with Crippen LogP contribution in [0.1, 0.15) is 10.5 Å². The lowest BCUT2D eigenvalue weighted by atomic mass is 10.1. The Hall–Kier alpha value is -2.83. The molecule has 1 N–H and O–H groups in total. The third-order valence-corrected chi connectivity index (χ3v) is 4.89. The summed E-state index contributed by atoms with van der Waals surface area (Å²) in [4.78, 5) is 18.2. The zero-order valence-corrected chi connectivity index (χ0v) is 15.3. The zero-order valence-electron chi connectivity index (χ0n) is 13.8. The van der Waals surface area contributed by atoms with Gasteiger partial charge in [-0.15, -0.1) is 11.3 Å². The molecule has 0 saturated carbocycles. The smallest absolute Gasteiger partial charge is 0.276 e. The van der Waals surface area contributed by atoms with E-state index in [0.29, 0.717) is 22.2 Å². The molecule has 0 radical (unpaired) electrons. The average molecular weight is 384 g/mol. The predicted octanol–water partition coefficient (Wildman–Crippen LogP) is 4.98. The van der Waals surface area contributed by atoms with E-state index in [4.69, 9.17) is 16.3 Å². The number of amides is 1. The molecule has 4 aromatic rings. The van der Waals surface area contributed by atoms with Crippen LogP contribution in [0.5, 0.6) is 5.75 Å². The monoisotopic (exact) mass is 383 g/mol. The number of rotatable bonds is 4. The summed E-state index contributed by atoms with van der Waals surface area (Å²) in [6.07, 6.45) is 1.90. The maximum atomic E-state index is 12.9. The highest BCUT2D eigenvalue weighted by molar-refractivity contribution is 7.15. The van der Waals surface area contributed by atoms with Gasteiger partial charge in [0, 0.05) is 27.9 Å². The highest BCUT2D eigenvalue weighted by atomic mass is 35.5. The van der Waals surface area contributed by atoms with Crippen molar-refractivity contribution in [2.24, 2.45) is 0 Å². The van der Waals surface area contributed by atoms with Gasteiger partial charge in [-0.3, -0.25) is 9.20 Å².